The van der Waals surface area contributed by atoms with E-state index in [-0.39, 0.29) is 0 Å². The van der Waals surface area contributed by atoms with Crippen molar-refractivity contribution in [3.8, 4) is 34.3 Å². The van der Waals surface area contributed by atoms with Crippen LogP contribution >= 0.6 is 0 Å². The predicted octanol–water partition coefficient (Wildman–Crippen LogP) is 7.93. The van der Waals surface area contributed by atoms with Crippen molar-refractivity contribution >= 4 is 32.6 Å². The molecule has 0 atom stereocenters. The van der Waals surface area contributed by atoms with Crippen LogP contribution < -0.4 is 0 Å². The van der Waals surface area contributed by atoms with Crippen LogP contribution in [0.25, 0.3) is 60.8 Å². The van der Waals surface area contributed by atoms with Crippen molar-refractivity contribution in [2.75, 3.05) is 0 Å². The second kappa shape index (κ2) is 8.44. The fourth-order valence-corrected chi connectivity index (χ4v) is 5.18. The summed E-state index contributed by atoms with van der Waals surface area (Å²) in [5.74, 6) is 0. The van der Waals surface area contributed by atoms with Gasteiger partial charge in [-0.1, -0.05) is 66.7 Å². The minimum Gasteiger partial charge on any atom is -0.309 e. The van der Waals surface area contributed by atoms with E-state index in [1.807, 2.05) is 18.3 Å². The number of nitriles is 1. The Bertz CT molecular complexity index is 1980. The van der Waals surface area contributed by atoms with E-state index in [0.717, 1.165) is 28.0 Å². The van der Waals surface area contributed by atoms with E-state index in [9.17, 15) is 5.26 Å². The summed E-state index contributed by atoms with van der Waals surface area (Å²) in [6.45, 7) is 0. The molecule has 0 bridgehead atoms. The van der Waals surface area contributed by atoms with E-state index in [2.05, 4.69) is 106 Å². The number of nitrogens with zero attached hydrogens (tertiary/aromatic N) is 4. The van der Waals surface area contributed by atoms with Crippen molar-refractivity contribution in [1.29, 1.82) is 5.26 Å². The molecule has 0 spiro atoms. The number of para-hydroxylation sites is 1. The van der Waals surface area contributed by atoms with Crippen molar-refractivity contribution in [3.05, 3.63) is 127 Å². The molecule has 0 unspecified atom stereocenters. The Labute approximate surface area is 213 Å². The van der Waals surface area contributed by atoms with Gasteiger partial charge in [0.15, 0.2) is 0 Å². The average Bonchev–Trinajstić information content (AvgIpc) is 3.32. The van der Waals surface area contributed by atoms with Crippen LogP contribution in [0, 0.1) is 11.3 Å². The van der Waals surface area contributed by atoms with Gasteiger partial charge in [0.25, 0.3) is 0 Å². The van der Waals surface area contributed by atoms with Gasteiger partial charge in [0.2, 0.25) is 0 Å². The molecule has 0 radical (unpaired) electrons. The number of fused-ring (bicyclic) bond motifs is 5. The highest BCUT2D eigenvalue weighted by Crippen LogP contribution is 2.38. The molecular formula is C33H20N4. The highest BCUT2D eigenvalue weighted by atomic mass is 15.0. The Morgan fingerprint density at radius 2 is 1.46 bits per heavy atom. The highest BCUT2D eigenvalue weighted by Gasteiger charge is 2.16. The van der Waals surface area contributed by atoms with Crippen molar-refractivity contribution in [2.24, 2.45) is 0 Å². The largest absolute Gasteiger partial charge is 0.309 e. The number of benzene rings is 4. The number of hydrogen-bond acceptors (Lipinski definition) is 3. The Morgan fingerprint density at radius 1 is 0.622 bits per heavy atom. The molecule has 7 aromatic rings. The van der Waals surface area contributed by atoms with Gasteiger partial charge < -0.3 is 4.57 Å². The number of rotatable bonds is 3. The zero-order valence-corrected chi connectivity index (χ0v) is 19.8. The molecular weight excluding hydrogens is 452 g/mol. The zero-order chi connectivity index (χ0) is 24.8. The molecule has 172 valence electrons. The monoisotopic (exact) mass is 472 g/mol. The molecule has 7 rings (SSSR count). The summed E-state index contributed by atoms with van der Waals surface area (Å²) in [5, 5.41) is 14.2. The lowest BCUT2D eigenvalue weighted by atomic mass is 10.0. The van der Waals surface area contributed by atoms with E-state index in [1.165, 1.54) is 27.1 Å². The number of hydrogen-bond donors (Lipinski definition) is 0. The van der Waals surface area contributed by atoms with Gasteiger partial charge in [0, 0.05) is 34.4 Å². The minimum absolute atomic E-state index is 0.572. The third-order valence-corrected chi connectivity index (χ3v) is 6.92. The summed E-state index contributed by atoms with van der Waals surface area (Å²) in [5.41, 5.74) is 7.60. The molecule has 0 aliphatic heterocycles. The third-order valence-electron chi connectivity index (χ3n) is 6.92. The maximum atomic E-state index is 9.20. The lowest BCUT2D eigenvalue weighted by Gasteiger charge is -2.09. The van der Waals surface area contributed by atoms with E-state index in [4.69, 9.17) is 0 Å². The molecule has 0 saturated carbocycles. The SMILES string of the molecule is N#Cc1ccnc(-c2ccc(-c3ccc4c5c6ccccc6ccc5n(-c5ccccc5)c4c3)cn2)c1. The van der Waals surface area contributed by atoms with Gasteiger partial charge in [0.1, 0.15) is 0 Å². The molecule has 3 heterocycles. The van der Waals surface area contributed by atoms with E-state index < -0.39 is 0 Å². The molecule has 0 saturated heterocycles. The first-order valence-corrected chi connectivity index (χ1v) is 12.1. The van der Waals surface area contributed by atoms with E-state index >= 15 is 0 Å². The summed E-state index contributed by atoms with van der Waals surface area (Å²) >= 11 is 0. The highest BCUT2D eigenvalue weighted by molar-refractivity contribution is 6.21. The zero-order valence-electron chi connectivity index (χ0n) is 19.8. The van der Waals surface area contributed by atoms with Crippen LogP contribution in [0.4, 0.5) is 0 Å². The summed E-state index contributed by atoms with van der Waals surface area (Å²) in [4.78, 5) is 9.04. The Balaban J connectivity index is 1.43. The van der Waals surface area contributed by atoms with Crippen molar-refractivity contribution < 1.29 is 0 Å². The first kappa shape index (κ1) is 21.0. The van der Waals surface area contributed by atoms with Gasteiger partial charge in [-0.25, -0.2) is 0 Å². The topological polar surface area (TPSA) is 54.5 Å². The fourth-order valence-electron chi connectivity index (χ4n) is 5.18. The second-order valence-electron chi connectivity index (χ2n) is 9.06. The molecule has 0 aliphatic rings. The van der Waals surface area contributed by atoms with E-state index in [1.54, 1.807) is 18.3 Å². The molecule has 37 heavy (non-hydrogen) atoms. The molecule has 0 aliphatic carbocycles. The third kappa shape index (κ3) is 3.45. The second-order valence-corrected chi connectivity index (χ2v) is 9.06. The molecule has 0 amide bonds. The first-order chi connectivity index (χ1) is 18.3. The summed E-state index contributed by atoms with van der Waals surface area (Å²) in [6, 6.07) is 39.8. The molecule has 4 nitrogen and oxygen atoms in total. The van der Waals surface area contributed by atoms with Crippen LogP contribution in [0.2, 0.25) is 0 Å². The smallest absolute Gasteiger partial charge is 0.0992 e. The van der Waals surface area contributed by atoms with Gasteiger partial charge >= 0.3 is 0 Å². The first-order valence-electron chi connectivity index (χ1n) is 12.1. The molecule has 0 fully saturated rings. The van der Waals surface area contributed by atoms with Gasteiger partial charge in [-0.05, 0) is 58.8 Å². The average molecular weight is 473 g/mol. The lowest BCUT2D eigenvalue weighted by molar-refractivity contribution is 1.18. The Morgan fingerprint density at radius 3 is 2.30 bits per heavy atom. The van der Waals surface area contributed by atoms with Crippen LogP contribution in [-0.4, -0.2) is 14.5 Å². The maximum Gasteiger partial charge on any atom is 0.0992 e. The van der Waals surface area contributed by atoms with Gasteiger partial charge in [-0.2, -0.15) is 5.26 Å². The Kier molecular flexibility index (Phi) is 4.80. The normalized spacial score (nSPS) is 11.2. The minimum atomic E-state index is 0.572. The van der Waals surface area contributed by atoms with Crippen LogP contribution in [0.3, 0.4) is 0 Å². The molecule has 4 heteroatoms. The molecule has 3 aromatic heterocycles. The predicted molar refractivity (Wildman–Crippen MR) is 149 cm³/mol. The lowest BCUT2D eigenvalue weighted by Crippen LogP contribution is -1.93. The number of aromatic nitrogens is 3. The maximum absolute atomic E-state index is 9.20. The number of pyridine rings is 2. The molecule has 4 aromatic carbocycles. The van der Waals surface area contributed by atoms with Crippen LogP contribution in [0.15, 0.2) is 122 Å². The van der Waals surface area contributed by atoms with Crippen LogP contribution in [0.5, 0.6) is 0 Å². The van der Waals surface area contributed by atoms with Crippen molar-refractivity contribution in [2.45, 2.75) is 0 Å². The summed E-state index contributed by atoms with van der Waals surface area (Å²) in [7, 11) is 0. The van der Waals surface area contributed by atoms with Crippen molar-refractivity contribution in [3.63, 3.8) is 0 Å². The summed E-state index contributed by atoms with van der Waals surface area (Å²) < 4.78 is 2.35. The van der Waals surface area contributed by atoms with Gasteiger partial charge in [0.05, 0.1) is 34.1 Å². The van der Waals surface area contributed by atoms with Gasteiger partial charge in [-0.3, -0.25) is 9.97 Å². The fraction of sp³-hybridized carbons (Fsp3) is 0. The standard InChI is InChI=1S/C33H20N4/c34-20-22-16-17-35-30(18-22)29-14-11-25(21-36-29)24-10-13-28-32(19-24)37(26-7-2-1-3-8-26)31-15-12-23-6-4-5-9-27(23)33(28)31/h1-19,21H. The summed E-state index contributed by atoms with van der Waals surface area (Å²) in [6.07, 6.45) is 3.52. The van der Waals surface area contributed by atoms with Crippen LogP contribution in [0.1, 0.15) is 5.56 Å². The van der Waals surface area contributed by atoms with E-state index in [0.29, 0.717) is 11.3 Å². The quantitative estimate of drug-likeness (QED) is 0.262. The molecule has 0 N–H and O–H groups in total. The van der Waals surface area contributed by atoms with Crippen molar-refractivity contribution in [1.82, 2.24) is 14.5 Å². The Hall–Kier alpha value is -5.27. The van der Waals surface area contributed by atoms with Crippen LogP contribution in [-0.2, 0) is 0 Å². The van der Waals surface area contributed by atoms with Gasteiger partial charge in [-0.15, -0.1) is 0 Å².